The zero-order chi connectivity index (χ0) is 7.40. The first kappa shape index (κ1) is 11.4. The summed E-state index contributed by atoms with van der Waals surface area (Å²) in [6.45, 7) is 4.47. The summed E-state index contributed by atoms with van der Waals surface area (Å²) in [6.07, 6.45) is 10.8. The van der Waals surface area contributed by atoms with Crippen LogP contribution in [0.3, 0.4) is 0 Å². The van der Waals surface area contributed by atoms with Crippen molar-refractivity contribution in [3.8, 4) is 0 Å². The predicted molar refractivity (Wildman–Crippen MR) is 45.9 cm³/mol. The van der Waals surface area contributed by atoms with Crippen LogP contribution in [0.25, 0.3) is 0 Å². The van der Waals surface area contributed by atoms with E-state index in [-0.39, 0.29) is 25.8 Å². The van der Waals surface area contributed by atoms with Gasteiger partial charge in [-0.2, -0.15) is 0 Å². The quantitative estimate of drug-likeness (QED) is 0.701. The molecule has 0 bridgehead atoms. The molecule has 11 heavy (non-hydrogen) atoms. The van der Waals surface area contributed by atoms with Gasteiger partial charge in [-0.05, 0) is 18.8 Å². The SMILES string of the molecule is CCCCC1=CC(C)C=C1.[Hf]. The Hall–Kier alpha value is 0.350. The molecule has 1 atom stereocenters. The molecule has 0 aromatic heterocycles. The van der Waals surface area contributed by atoms with Crippen LogP contribution in [0, 0.1) is 5.92 Å². The summed E-state index contributed by atoms with van der Waals surface area (Å²) in [5.41, 5.74) is 1.54. The molecule has 0 aromatic carbocycles. The van der Waals surface area contributed by atoms with Gasteiger partial charge in [0.15, 0.2) is 0 Å². The zero-order valence-corrected chi connectivity index (χ0v) is 11.0. The van der Waals surface area contributed by atoms with E-state index in [0.29, 0.717) is 5.92 Å². The van der Waals surface area contributed by atoms with Crippen molar-refractivity contribution < 1.29 is 25.8 Å². The standard InChI is InChI=1S/C10H16.Hf/c1-3-4-5-10-7-6-9(2)8-10;/h6-9H,3-5H2,1-2H3;. The largest absolute Gasteiger partial charge is 0.0776 e. The van der Waals surface area contributed by atoms with Crippen LogP contribution in [0.1, 0.15) is 33.1 Å². The molecule has 0 saturated carbocycles. The fraction of sp³-hybridized carbons (Fsp3) is 0.600. The minimum atomic E-state index is 0. The molecular formula is C10H16Hf. The molecule has 0 heterocycles. The van der Waals surface area contributed by atoms with Crippen LogP contribution in [0.5, 0.6) is 0 Å². The van der Waals surface area contributed by atoms with Crippen LogP contribution in [0.2, 0.25) is 0 Å². The molecule has 0 spiro atoms. The Labute approximate surface area is 88.5 Å². The van der Waals surface area contributed by atoms with E-state index in [4.69, 9.17) is 0 Å². The molecule has 0 N–H and O–H groups in total. The van der Waals surface area contributed by atoms with E-state index in [1.807, 2.05) is 0 Å². The van der Waals surface area contributed by atoms with E-state index >= 15 is 0 Å². The van der Waals surface area contributed by atoms with Crippen LogP contribution in [0.15, 0.2) is 23.8 Å². The van der Waals surface area contributed by atoms with Gasteiger partial charge in [0.1, 0.15) is 0 Å². The van der Waals surface area contributed by atoms with Gasteiger partial charge >= 0.3 is 0 Å². The number of allylic oxidation sites excluding steroid dienone is 4. The average molecular weight is 315 g/mol. The van der Waals surface area contributed by atoms with Gasteiger partial charge in [0.05, 0.1) is 0 Å². The zero-order valence-electron chi connectivity index (χ0n) is 7.43. The molecule has 0 aliphatic heterocycles. The Kier molecular flexibility index (Phi) is 6.12. The first-order valence-electron chi connectivity index (χ1n) is 4.22. The molecule has 0 amide bonds. The van der Waals surface area contributed by atoms with E-state index in [1.165, 1.54) is 24.8 Å². The van der Waals surface area contributed by atoms with Crippen LogP contribution in [-0.4, -0.2) is 0 Å². The van der Waals surface area contributed by atoms with Crippen molar-refractivity contribution in [2.45, 2.75) is 33.1 Å². The summed E-state index contributed by atoms with van der Waals surface area (Å²) in [7, 11) is 0. The summed E-state index contributed by atoms with van der Waals surface area (Å²) in [4.78, 5) is 0. The summed E-state index contributed by atoms with van der Waals surface area (Å²) in [5, 5.41) is 0. The number of hydrogen-bond acceptors (Lipinski definition) is 0. The van der Waals surface area contributed by atoms with E-state index in [1.54, 1.807) is 0 Å². The molecular weight excluding hydrogens is 299 g/mol. The van der Waals surface area contributed by atoms with E-state index < -0.39 is 0 Å². The summed E-state index contributed by atoms with van der Waals surface area (Å²) in [6, 6.07) is 0. The van der Waals surface area contributed by atoms with Crippen molar-refractivity contribution in [2.24, 2.45) is 5.92 Å². The van der Waals surface area contributed by atoms with Crippen molar-refractivity contribution in [3.05, 3.63) is 23.8 Å². The van der Waals surface area contributed by atoms with Crippen molar-refractivity contribution in [3.63, 3.8) is 0 Å². The minimum absolute atomic E-state index is 0. The number of unbranched alkanes of at least 4 members (excludes halogenated alkanes) is 1. The molecule has 1 rings (SSSR count). The second-order valence-corrected chi connectivity index (χ2v) is 3.06. The maximum Gasteiger partial charge on any atom is 0 e. The first-order valence-corrected chi connectivity index (χ1v) is 4.22. The second kappa shape index (κ2) is 5.93. The fourth-order valence-corrected chi connectivity index (χ4v) is 1.27. The molecule has 60 valence electrons. The minimum Gasteiger partial charge on any atom is -0.0776 e. The summed E-state index contributed by atoms with van der Waals surface area (Å²) in [5.74, 6) is 0.687. The Morgan fingerprint density at radius 1 is 1.45 bits per heavy atom. The van der Waals surface area contributed by atoms with Crippen molar-refractivity contribution >= 4 is 0 Å². The molecule has 1 unspecified atom stereocenters. The third-order valence-electron chi connectivity index (χ3n) is 1.91. The van der Waals surface area contributed by atoms with Gasteiger partial charge in [0, 0.05) is 25.8 Å². The van der Waals surface area contributed by atoms with Crippen LogP contribution < -0.4 is 0 Å². The average Bonchev–Trinajstić information content (AvgIpc) is 2.31. The molecule has 0 nitrogen and oxygen atoms in total. The maximum atomic E-state index is 2.36. The Balaban J connectivity index is 0.000001000. The molecule has 1 aliphatic carbocycles. The topological polar surface area (TPSA) is 0 Å². The third kappa shape index (κ3) is 4.05. The Bertz CT molecular complexity index is 156. The van der Waals surface area contributed by atoms with Gasteiger partial charge < -0.3 is 0 Å². The molecule has 0 aromatic rings. The summed E-state index contributed by atoms with van der Waals surface area (Å²) >= 11 is 0. The van der Waals surface area contributed by atoms with Crippen LogP contribution >= 0.6 is 0 Å². The number of rotatable bonds is 3. The van der Waals surface area contributed by atoms with Crippen molar-refractivity contribution in [1.29, 1.82) is 0 Å². The van der Waals surface area contributed by atoms with Gasteiger partial charge in [0.2, 0.25) is 0 Å². The van der Waals surface area contributed by atoms with Gasteiger partial charge in [-0.1, -0.05) is 44.1 Å². The van der Waals surface area contributed by atoms with Crippen molar-refractivity contribution in [2.75, 3.05) is 0 Å². The smallest absolute Gasteiger partial charge is 0 e. The van der Waals surface area contributed by atoms with Gasteiger partial charge in [-0.15, -0.1) is 0 Å². The Morgan fingerprint density at radius 2 is 2.18 bits per heavy atom. The van der Waals surface area contributed by atoms with Gasteiger partial charge in [-0.3, -0.25) is 0 Å². The van der Waals surface area contributed by atoms with Crippen LogP contribution in [0.4, 0.5) is 0 Å². The first-order chi connectivity index (χ1) is 4.83. The fourth-order valence-electron chi connectivity index (χ4n) is 1.27. The molecule has 1 aliphatic rings. The maximum absolute atomic E-state index is 2.36. The van der Waals surface area contributed by atoms with E-state index in [0.717, 1.165) is 0 Å². The molecule has 1 heteroatoms. The van der Waals surface area contributed by atoms with Crippen LogP contribution in [-0.2, 0) is 25.8 Å². The normalized spacial score (nSPS) is 21.3. The molecule has 0 saturated heterocycles. The van der Waals surface area contributed by atoms with E-state index in [2.05, 4.69) is 32.1 Å². The predicted octanol–water partition coefficient (Wildman–Crippen LogP) is 3.31. The number of hydrogen-bond donors (Lipinski definition) is 0. The molecule has 0 fully saturated rings. The van der Waals surface area contributed by atoms with E-state index in [9.17, 15) is 0 Å². The third-order valence-corrected chi connectivity index (χ3v) is 1.91. The summed E-state index contributed by atoms with van der Waals surface area (Å²) < 4.78 is 0. The van der Waals surface area contributed by atoms with Gasteiger partial charge in [0.25, 0.3) is 0 Å². The van der Waals surface area contributed by atoms with Gasteiger partial charge in [-0.25, -0.2) is 0 Å². The van der Waals surface area contributed by atoms with Crippen molar-refractivity contribution in [1.82, 2.24) is 0 Å². The monoisotopic (exact) mass is 316 g/mol. The Morgan fingerprint density at radius 3 is 2.64 bits per heavy atom. The second-order valence-electron chi connectivity index (χ2n) is 3.06. The molecule has 0 radical (unpaired) electrons.